The van der Waals surface area contributed by atoms with Crippen molar-refractivity contribution in [2.45, 2.75) is 39.0 Å². The summed E-state index contributed by atoms with van der Waals surface area (Å²) in [5.41, 5.74) is 1.36. The van der Waals surface area contributed by atoms with Crippen LogP contribution in [0.5, 0.6) is 0 Å². The summed E-state index contributed by atoms with van der Waals surface area (Å²) < 4.78 is 0. The van der Waals surface area contributed by atoms with Gasteiger partial charge in [0.25, 0.3) is 0 Å². The van der Waals surface area contributed by atoms with Crippen molar-refractivity contribution in [1.82, 2.24) is 10.2 Å². The van der Waals surface area contributed by atoms with E-state index in [1.165, 1.54) is 0 Å². The van der Waals surface area contributed by atoms with E-state index in [1.54, 1.807) is 11.0 Å². The number of carbonyl (C=O) groups is 1. The topological polar surface area (TPSA) is 46.1 Å². The molecule has 0 saturated carbocycles. The molecule has 0 atom stereocenters. The summed E-state index contributed by atoms with van der Waals surface area (Å²) in [6.45, 7) is 12.2. The maximum atomic E-state index is 12.4. The summed E-state index contributed by atoms with van der Waals surface area (Å²) in [5, 5.41) is 8.44. The van der Waals surface area contributed by atoms with Crippen LogP contribution in [0.2, 0.25) is 0 Å². The quantitative estimate of drug-likeness (QED) is 0.768. The van der Waals surface area contributed by atoms with E-state index in [9.17, 15) is 4.79 Å². The van der Waals surface area contributed by atoms with Crippen molar-refractivity contribution in [3.8, 4) is 0 Å². The van der Waals surface area contributed by atoms with Crippen molar-refractivity contribution in [2.24, 2.45) is 0 Å². The summed E-state index contributed by atoms with van der Waals surface area (Å²) in [7, 11) is 0. The first-order valence-electron chi connectivity index (χ1n) is 6.20. The molecule has 1 aromatic rings. The van der Waals surface area contributed by atoms with Gasteiger partial charge in [-0.15, -0.1) is 11.7 Å². The third-order valence-electron chi connectivity index (χ3n) is 3.41. The number of aromatic nitrogens is 2. The van der Waals surface area contributed by atoms with E-state index in [0.717, 1.165) is 11.3 Å². The third kappa shape index (κ3) is 1.72. The lowest BCUT2D eigenvalue weighted by Gasteiger charge is -2.18. The Kier molecular flexibility index (Phi) is 2.97. The molecule has 4 heteroatoms. The predicted molar refractivity (Wildman–Crippen MR) is 71.7 cm³/mol. The highest BCUT2D eigenvalue weighted by molar-refractivity contribution is 6.06. The Bertz CT molecular complexity index is 506. The van der Waals surface area contributed by atoms with E-state index in [4.69, 9.17) is 0 Å². The van der Waals surface area contributed by atoms with Gasteiger partial charge in [0.1, 0.15) is 0 Å². The van der Waals surface area contributed by atoms with Gasteiger partial charge < -0.3 is 0 Å². The predicted octanol–water partition coefficient (Wildman–Crippen LogP) is 2.41. The van der Waals surface area contributed by atoms with Crippen molar-refractivity contribution in [3.63, 3.8) is 0 Å². The number of hydrogen-bond acceptors (Lipinski definition) is 3. The fraction of sp³-hybridized carbons (Fsp3) is 0.500. The second-order valence-electron chi connectivity index (χ2n) is 5.49. The number of hydrogen-bond donors (Lipinski definition) is 0. The summed E-state index contributed by atoms with van der Waals surface area (Å²) in [6, 6.07) is 2.01. The van der Waals surface area contributed by atoms with E-state index in [2.05, 4.69) is 30.6 Å². The molecule has 1 aromatic heterocycles. The molecule has 0 aromatic carbocycles. The molecule has 0 bridgehead atoms. The standard InChI is InChI=1S/C14H19N3O/c1-6-7-17-12-10(14(4,5)13(17)18)8-11(9(2)3)15-16-12/h6,8-9H,1,7H2,2-5H3. The molecule has 0 saturated heterocycles. The second kappa shape index (κ2) is 4.19. The largest absolute Gasteiger partial charge is 0.290 e. The minimum atomic E-state index is -0.530. The number of amides is 1. The maximum Gasteiger partial charge on any atom is 0.238 e. The molecule has 0 unspecified atom stereocenters. The Morgan fingerprint density at radius 2 is 2.11 bits per heavy atom. The average molecular weight is 245 g/mol. The van der Waals surface area contributed by atoms with Crippen LogP contribution in [0, 0.1) is 0 Å². The summed E-state index contributed by atoms with van der Waals surface area (Å²) in [4.78, 5) is 14.0. The Morgan fingerprint density at radius 3 is 2.67 bits per heavy atom. The molecule has 18 heavy (non-hydrogen) atoms. The lowest BCUT2D eigenvalue weighted by molar-refractivity contribution is -0.122. The lowest BCUT2D eigenvalue weighted by Crippen LogP contribution is -2.36. The van der Waals surface area contributed by atoms with Crippen molar-refractivity contribution < 1.29 is 4.79 Å². The SMILES string of the molecule is C=CCN1C(=O)C(C)(C)c2cc(C(C)C)nnc21. The van der Waals surface area contributed by atoms with Gasteiger partial charge in [0.2, 0.25) is 5.91 Å². The van der Waals surface area contributed by atoms with Crippen molar-refractivity contribution in [1.29, 1.82) is 0 Å². The number of rotatable bonds is 3. The van der Waals surface area contributed by atoms with E-state index in [-0.39, 0.29) is 5.91 Å². The fourth-order valence-electron chi connectivity index (χ4n) is 2.19. The molecule has 1 aliphatic heterocycles. The molecule has 96 valence electrons. The van der Waals surface area contributed by atoms with Crippen LogP contribution in [-0.2, 0) is 10.2 Å². The van der Waals surface area contributed by atoms with Gasteiger partial charge >= 0.3 is 0 Å². The molecule has 0 aliphatic carbocycles. The summed E-state index contributed by atoms with van der Waals surface area (Å²) in [5.74, 6) is 1.05. The van der Waals surface area contributed by atoms with Crippen molar-refractivity contribution in [3.05, 3.63) is 30.0 Å². The van der Waals surface area contributed by atoms with Crippen LogP contribution in [-0.4, -0.2) is 22.6 Å². The smallest absolute Gasteiger partial charge is 0.238 e. The Balaban J connectivity index is 2.57. The lowest BCUT2D eigenvalue weighted by atomic mass is 9.86. The zero-order valence-corrected chi connectivity index (χ0v) is 11.4. The zero-order valence-electron chi connectivity index (χ0n) is 11.4. The molecule has 4 nitrogen and oxygen atoms in total. The summed E-state index contributed by atoms with van der Waals surface area (Å²) >= 11 is 0. The van der Waals surface area contributed by atoms with Gasteiger partial charge in [-0.3, -0.25) is 9.69 Å². The second-order valence-corrected chi connectivity index (χ2v) is 5.49. The number of carbonyl (C=O) groups excluding carboxylic acids is 1. The third-order valence-corrected chi connectivity index (χ3v) is 3.41. The first-order chi connectivity index (χ1) is 8.39. The number of anilines is 1. The van der Waals surface area contributed by atoms with Crippen molar-refractivity contribution >= 4 is 11.7 Å². The highest BCUT2D eigenvalue weighted by atomic mass is 16.2. The van der Waals surface area contributed by atoms with Crippen LogP contribution in [0.3, 0.4) is 0 Å². The number of fused-ring (bicyclic) bond motifs is 1. The van der Waals surface area contributed by atoms with Crippen LogP contribution < -0.4 is 4.90 Å². The minimum absolute atomic E-state index is 0.0626. The fourth-order valence-corrected chi connectivity index (χ4v) is 2.19. The van der Waals surface area contributed by atoms with Crippen LogP contribution in [0.15, 0.2) is 18.7 Å². The Morgan fingerprint density at radius 1 is 1.44 bits per heavy atom. The van der Waals surface area contributed by atoms with Crippen LogP contribution in [0.4, 0.5) is 5.82 Å². The van der Waals surface area contributed by atoms with E-state index in [0.29, 0.717) is 18.3 Å². The molecular formula is C14H19N3O. The number of nitrogens with zero attached hydrogens (tertiary/aromatic N) is 3. The zero-order chi connectivity index (χ0) is 13.5. The maximum absolute atomic E-state index is 12.4. The highest BCUT2D eigenvalue weighted by Gasteiger charge is 2.45. The van der Waals surface area contributed by atoms with Crippen molar-refractivity contribution in [2.75, 3.05) is 11.4 Å². The van der Waals surface area contributed by atoms with E-state index < -0.39 is 5.41 Å². The molecule has 0 spiro atoms. The van der Waals surface area contributed by atoms with Gasteiger partial charge in [0.15, 0.2) is 5.82 Å². The van der Waals surface area contributed by atoms with Gasteiger partial charge in [-0.05, 0) is 25.8 Å². The van der Waals surface area contributed by atoms with Gasteiger partial charge in [0, 0.05) is 12.1 Å². The molecule has 0 fully saturated rings. The molecule has 0 N–H and O–H groups in total. The average Bonchev–Trinajstić information content (AvgIpc) is 2.51. The van der Waals surface area contributed by atoms with Gasteiger partial charge in [-0.25, -0.2) is 0 Å². The minimum Gasteiger partial charge on any atom is -0.290 e. The first kappa shape index (κ1) is 12.7. The van der Waals surface area contributed by atoms with Gasteiger partial charge in [-0.2, -0.15) is 5.10 Å². The Labute approximate surface area is 108 Å². The van der Waals surface area contributed by atoms with Gasteiger partial charge in [-0.1, -0.05) is 19.9 Å². The van der Waals surface area contributed by atoms with E-state index in [1.807, 2.05) is 19.9 Å². The monoisotopic (exact) mass is 245 g/mol. The van der Waals surface area contributed by atoms with E-state index >= 15 is 0 Å². The summed E-state index contributed by atoms with van der Waals surface area (Å²) in [6.07, 6.45) is 1.71. The highest BCUT2D eigenvalue weighted by Crippen LogP contribution is 2.40. The van der Waals surface area contributed by atoms with Crippen LogP contribution in [0.25, 0.3) is 0 Å². The molecular weight excluding hydrogens is 226 g/mol. The molecule has 1 aliphatic rings. The van der Waals surface area contributed by atoms with Crippen LogP contribution in [0.1, 0.15) is 44.9 Å². The molecule has 1 amide bonds. The van der Waals surface area contributed by atoms with Crippen LogP contribution >= 0.6 is 0 Å². The molecule has 0 radical (unpaired) electrons. The molecule has 2 rings (SSSR count). The normalized spacial score (nSPS) is 17.2. The van der Waals surface area contributed by atoms with Gasteiger partial charge in [0.05, 0.1) is 11.1 Å². The first-order valence-corrected chi connectivity index (χ1v) is 6.20. The molecule has 2 heterocycles. The Hall–Kier alpha value is -1.71.